The van der Waals surface area contributed by atoms with Crippen LogP contribution in [0.15, 0.2) is 0 Å². The Kier molecular flexibility index (Phi) is 5.27. The lowest BCUT2D eigenvalue weighted by atomic mass is 10.0. The van der Waals surface area contributed by atoms with E-state index in [9.17, 15) is 9.59 Å². The molecule has 5 nitrogen and oxygen atoms in total. The third-order valence-corrected chi connectivity index (χ3v) is 4.73. The molecule has 0 aromatic rings. The molecule has 1 saturated carbocycles. The van der Waals surface area contributed by atoms with Crippen molar-refractivity contribution in [2.75, 3.05) is 26.2 Å². The smallest absolute Gasteiger partial charge is 0.225 e. The predicted octanol–water partition coefficient (Wildman–Crippen LogP) is 0.535. The SMILES string of the molecule is Cl.O=C(NCC1CNC1)C1CC(=O)N(C2CCCC2)C1. The van der Waals surface area contributed by atoms with Gasteiger partial charge in [0.1, 0.15) is 0 Å². The zero-order valence-corrected chi connectivity index (χ0v) is 12.6. The van der Waals surface area contributed by atoms with Gasteiger partial charge in [0.25, 0.3) is 0 Å². The molecule has 20 heavy (non-hydrogen) atoms. The maximum atomic E-state index is 12.1. The van der Waals surface area contributed by atoms with Crippen LogP contribution in [0.25, 0.3) is 0 Å². The molecule has 2 N–H and O–H groups in total. The highest BCUT2D eigenvalue weighted by Crippen LogP contribution is 2.29. The van der Waals surface area contributed by atoms with Gasteiger partial charge in [0, 0.05) is 44.6 Å². The average Bonchev–Trinajstić information content (AvgIpc) is 2.95. The molecule has 1 aliphatic carbocycles. The Morgan fingerprint density at radius 2 is 2.00 bits per heavy atom. The zero-order chi connectivity index (χ0) is 13.2. The van der Waals surface area contributed by atoms with Crippen LogP contribution in [0.4, 0.5) is 0 Å². The summed E-state index contributed by atoms with van der Waals surface area (Å²) in [7, 11) is 0. The highest BCUT2D eigenvalue weighted by Gasteiger charge is 2.38. The minimum atomic E-state index is -0.124. The summed E-state index contributed by atoms with van der Waals surface area (Å²) in [6.45, 7) is 3.38. The molecule has 1 atom stereocenters. The highest BCUT2D eigenvalue weighted by molar-refractivity contribution is 5.89. The van der Waals surface area contributed by atoms with Crippen LogP contribution in [0, 0.1) is 11.8 Å². The van der Waals surface area contributed by atoms with E-state index in [4.69, 9.17) is 0 Å². The molecule has 2 amide bonds. The zero-order valence-electron chi connectivity index (χ0n) is 11.8. The molecule has 1 unspecified atom stereocenters. The quantitative estimate of drug-likeness (QED) is 0.796. The van der Waals surface area contributed by atoms with Gasteiger partial charge in [-0.1, -0.05) is 12.8 Å². The van der Waals surface area contributed by atoms with Crippen LogP contribution in [-0.4, -0.2) is 48.9 Å². The van der Waals surface area contributed by atoms with E-state index in [0.717, 1.165) is 32.5 Å². The Hall–Kier alpha value is -0.810. The second-order valence-electron chi connectivity index (χ2n) is 6.15. The maximum Gasteiger partial charge on any atom is 0.225 e. The van der Waals surface area contributed by atoms with Crippen molar-refractivity contribution < 1.29 is 9.59 Å². The van der Waals surface area contributed by atoms with Gasteiger partial charge in [-0.15, -0.1) is 12.4 Å². The molecule has 3 rings (SSSR count). The number of rotatable bonds is 4. The van der Waals surface area contributed by atoms with E-state index in [2.05, 4.69) is 10.6 Å². The van der Waals surface area contributed by atoms with Gasteiger partial charge >= 0.3 is 0 Å². The lowest BCUT2D eigenvalue weighted by Gasteiger charge is -2.27. The number of amides is 2. The number of carbonyl (C=O) groups excluding carboxylic acids is 2. The standard InChI is InChI=1S/C14H23N3O2.ClH/c18-13-5-11(9-17(13)12-3-1-2-4-12)14(19)16-8-10-6-15-7-10;/h10-12,15H,1-9H2,(H,16,19);1H. The summed E-state index contributed by atoms with van der Waals surface area (Å²) >= 11 is 0. The van der Waals surface area contributed by atoms with E-state index in [0.29, 0.717) is 24.9 Å². The van der Waals surface area contributed by atoms with Crippen LogP contribution in [0.1, 0.15) is 32.1 Å². The number of halogens is 1. The minimum Gasteiger partial charge on any atom is -0.355 e. The predicted molar refractivity (Wildman–Crippen MR) is 78.7 cm³/mol. The molecule has 0 aromatic heterocycles. The van der Waals surface area contributed by atoms with Gasteiger partial charge < -0.3 is 15.5 Å². The topological polar surface area (TPSA) is 61.4 Å². The fourth-order valence-corrected chi connectivity index (χ4v) is 3.36. The van der Waals surface area contributed by atoms with Gasteiger partial charge in [0.2, 0.25) is 11.8 Å². The molecule has 3 fully saturated rings. The van der Waals surface area contributed by atoms with Crippen molar-refractivity contribution in [3.63, 3.8) is 0 Å². The Labute approximate surface area is 126 Å². The summed E-state index contributed by atoms with van der Waals surface area (Å²) in [5, 5.41) is 6.19. The first-order chi connectivity index (χ1) is 9.24. The van der Waals surface area contributed by atoms with E-state index >= 15 is 0 Å². The molecule has 0 aromatic carbocycles. The third kappa shape index (κ3) is 3.26. The van der Waals surface area contributed by atoms with Crippen molar-refractivity contribution in [1.29, 1.82) is 0 Å². The molecule has 114 valence electrons. The van der Waals surface area contributed by atoms with Crippen LogP contribution in [-0.2, 0) is 9.59 Å². The lowest BCUT2D eigenvalue weighted by Crippen LogP contribution is -2.49. The van der Waals surface area contributed by atoms with Gasteiger partial charge in [-0.05, 0) is 12.8 Å². The monoisotopic (exact) mass is 301 g/mol. The number of nitrogens with zero attached hydrogens (tertiary/aromatic N) is 1. The van der Waals surface area contributed by atoms with Crippen molar-refractivity contribution in [1.82, 2.24) is 15.5 Å². The van der Waals surface area contributed by atoms with E-state index in [1.807, 2.05) is 4.90 Å². The van der Waals surface area contributed by atoms with Crippen LogP contribution in [0.5, 0.6) is 0 Å². The first-order valence-electron chi connectivity index (χ1n) is 7.52. The van der Waals surface area contributed by atoms with E-state index < -0.39 is 0 Å². The molecule has 0 bridgehead atoms. The maximum absolute atomic E-state index is 12.1. The van der Waals surface area contributed by atoms with Crippen molar-refractivity contribution in [2.45, 2.75) is 38.1 Å². The largest absolute Gasteiger partial charge is 0.355 e. The molecular formula is C14H24ClN3O2. The third-order valence-electron chi connectivity index (χ3n) is 4.73. The second kappa shape index (κ2) is 6.76. The van der Waals surface area contributed by atoms with Gasteiger partial charge in [-0.2, -0.15) is 0 Å². The Morgan fingerprint density at radius 3 is 2.60 bits per heavy atom. The molecule has 2 saturated heterocycles. The van der Waals surface area contributed by atoms with E-state index in [-0.39, 0.29) is 30.1 Å². The minimum absolute atomic E-state index is 0. The molecule has 3 aliphatic rings. The lowest BCUT2D eigenvalue weighted by molar-refractivity contribution is -0.130. The number of carbonyl (C=O) groups is 2. The van der Waals surface area contributed by atoms with Crippen LogP contribution < -0.4 is 10.6 Å². The summed E-state index contributed by atoms with van der Waals surface area (Å²) in [5.41, 5.74) is 0. The molecule has 0 radical (unpaired) electrons. The van der Waals surface area contributed by atoms with Crippen molar-refractivity contribution in [2.24, 2.45) is 11.8 Å². The summed E-state index contributed by atoms with van der Waals surface area (Å²) in [6, 6.07) is 0.404. The van der Waals surface area contributed by atoms with Crippen LogP contribution >= 0.6 is 12.4 Å². The van der Waals surface area contributed by atoms with Crippen LogP contribution in [0.3, 0.4) is 0 Å². The fourth-order valence-electron chi connectivity index (χ4n) is 3.36. The van der Waals surface area contributed by atoms with Gasteiger partial charge in [-0.3, -0.25) is 9.59 Å². The number of likely N-dealkylation sites (tertiary alicyclic amines) is 1. The second-order valence-corrected chi connectivity index (χ2v) is 6.15. The first kappa shape index (κ1) is 15.6. The Morgan fingerprint density at radius 1 is 1.30 bits per heavy atom. The summed E-state index contributed by atoms with van der Waals surface area (Å²) in [5.74, 6) is 0.700. The summed E-state index contributed by atoms with van der Waals surface area (Å²) < 4.78 is 0. The number of hydrogen-bond acceptors (Lipinski definition) is 3. The summed E-state index contributed by atoms with van der Waals surface area (Å²) in [4.78, 5) is 26.1. The van der Waals surface area contributed by atoms with Crippen molar-refractivity contribution in [3.8, 4) is 0 Å². The summed E-state index contributed by atoms with van der Waals surface area (Å²) in [6.07, 6.45) is 5.09. The highest BCUT2D eigenvalue weighted by atomic mass is 35.5. The molecule has 2 aliphatic heterocycles. The van der Waals surface area contributed by atoms with Gasteiger partial charge in [-0.25, -0.2) is 0 Å². The van der Waals surface area contributed by atoms with Gasteiger partial charge in [0.05, 0.1) is 5.92 Å². The van der Waals surface area contributed by atoms with E-state index in [1.54, 1.807) is 0 Å². The fraction of sp³-hybridized carbons (Fsp3) is 0.857. The van der Waals surface area contributed by atoms with Gasteiger partial charge in [0.15, 0.2) is 0 Å². The molecular weight excluding hydrogens is 278 g/mol. The Bertz CT molecular complexity index is 367. The Balaban J connectivity index is 0.00000147. The van der Waals surface area contributed by atoms with Crippen molar-refractivity contribution >= 4 is 24.2 Å². The van der Waals surface area contributed by atoms with Crippen LogP contribution in [0.2, 0.25) is 0 Å². The molecule has 0 spiro atoms. The first-order valence-corrected chi connectivity index (χ1v) is 7.52. The molecule has 2 heterocycles. The molecule has 6 heteroatoms. The van der Waals surface area contributed by atoms with E-state index in [1.165, 1.54) is 12.8 Å². The van der Waals surface area contributed by atoms with Crippen molar-refractivity contribution in [3.05, 3.63) is 0 Å². The number of hydrogen-bond donors (Lipinski definition) is 2. The normalized spacial score (nSPS) is 27.3. The number of nitrogens with one attached hydrogen (secondary N) is 2. The average molecular weight is 302 g/mol.